The van der Waals surface area contributed by atoms with E-state index in [1.54, 1.807) is 109 Å². The molecule has 0 saturated heterocycles. The monoisotopic (exact) mass is 1900 g/mol. The van der Waals surface area contributed by atoms with Crippen LogP contribution >= 0.6 is 0 Å². The molecule has 6 amide bonds. The van der Waals surface area contributed by atoms with Gasteiger partial charge in [0.25, 0.3) is 35.4 Å². The van der Waals surface area contributed by atoms with E-state index in [4.69, 9.17) is 41.1 Å². The third kappa shape index (κ3) is 34.2. The van der Waals surface area contributed by atoms with Crippen LogP contribution in [0.25, 0.3) is 0 Å². The lowest BCUT2D eigenvalue weighted by Gasteiger charge is -2.18. The first-order valence-corrected chi connectivity index (χ1v) is 42.8. The maximum absolute atomic E-state index is 13.9. The zero-order valence-corrected chi connectivity index (χ0v) is 76.9. The fraction of sp³-hybridized carbons (Fsp3) is 0.159. The molecule has 12 aromatic rings. The Labute approximate surface area is 802 Å². The summed E-state index contributed by atoms with van der Waals surface area (Å²) in [6.45, 7) is 9.90. The first-order valence-electron chi connectivity index (χ1n) is 42.8. The minimum atomic E-state index is -1.22. The highest BCUT2D eigenvalue weighted by atomic mass is 19.1. The smallest absolute Gasteiger partial charge is 0.336 e. The molecule has 0 spiro atoms. The van der Waals surface area contributed by atoms with Gasteiger partial charge in [-0.05, 0) is 165 Å². The molecule has 0 radical (unpaired) electrons. The number of nitrogens with one attached hydrogen (secondary N) is 6. The van der Waals surface area contributed by atoms with E-state index < -0.39 is 83.1 Å². The highest BCUT2D eigenvalue weighted by Crippen LogP contribution is 2.24. The molecule has 1 unspecified atom stereocenters. The van der Waals surface area contributed by atoms with Crippen molar-refractivity contribution >= 4 is 106 Å². The van der Waals surface area contributed by atoms with E-state index in [0.29, 0.717) is 41.7 Å². The molecular formula is C107H100FN7O25. The Morgan fingerprint density at radius 1 is 0.279 bits per heavy atom. The molecule has 1 atom stereocenters. The number of nitrogens with two attached hydrogens (primary N) is 1. The molecule has 12 rings (SSSR count). The van der Waals surface area contributed by atoms with E-state index in [-0.39, 0.29) is 152 Å². The van der Waals surface area contributed by atoms with Crippen LogP contribution in [-0.2, 0) is 66.4 Å². The Kier molecular flexibility index (Phi) is 42.3. The number of halogens is 1. The summed E-state index contributed by atoms with van der Waals surface area (Å²) in [6.07, 6.45) is 1.16. The zero-order valence-electron chi connectivity index (χ0n) is 76.9. The van der Waals surface area contributed by atoms with Crippen LogP contribution in [0.2, 0.25) is 0 Å². The summed E-state index contributed by atoms with van der Waals surface area (Å²) in [4.78, 5) is 207. The van der Waals surface area contributed by atoms with Gasteiger partial charge in [-0.25, -0.2) is 33.2 Å². The zero-order chi connectivity index (χ0) is 103. The molecule has 33 heteroatoms. The fourth-order valence-electron chi connectivity index (χ4n) is 13.3. The number of rotatable bonds is 35. The number of ketones is 6. The number of carbonyl (C=O) groups excluding carboxylic acids is 12. The van der Waals surface area contributed by atoms with Crippen molar-refractivity contribution < 1.29 is 126 Å². The molecule has 32 nitrogen and oxygen atoms in total. The molecule has 0 aliphatic rings. The van der Waals surface area contributed by atoms with Gasteiger partial charge in [0.15, 0.2) is 17.3 Å². The van der Waals surface area contributed by atoms with Crippen molar-refractivity contribution in [2.45, 2.75) is 99.6 Å². The van der Waals surface area contributed by atoms with Gasteiger partial charge in [-0.15, -0.1) is 0 Å². The Balaban J connectivity index is 0.000000228. The number of ether oxygens (including phenoxy) is 1. The standard InChI is InChI=1S/C18H18N2O4.C18H17NO5.3C18H17NO4.C17H14FNO4/c1-11(21)12-6-8-13(9-7-12)16(10-19)20-17(22)14-4-2-3-5-15(14)18(23)24;1-11(20)12-7-8-13(16(9-12)24-2)10-19-17(21)14-5-3-4-6-15(14)18(22)23;3*1-12(20)10-13-6-8-14(9-7-13)11-19-17(21)15-4-2-3-5-16(15)18(22)23;1-10(20)11-6-7-12(15(18)8-11)9-19-16(21)13-4-2-3-5-14(13)17(22)23/h2-9,16H,10,19H2,1H3,(H,20,22)(H,23,24);3-9H,10H2,1-2H3,(H,19,21)(H,22,23);3*2-9H,10-11H2,1H3,(H,19,21)(H,22,23);2-8H,9H2,1H3,(H,19,21)(H,22,23). The quantitative estimate of drug-likeness (QED) is 0.0164. The number of amides is 6. The average Bonchev–Trinajstić information content (AvgIpc) is 0.835. The van der Waals surface area contributed by atoms with Crippen LogP contribution in [0.15, 0.2) is 279 Å². The SMILES string of the molecule is CC(=O)Cc1ccc(CNC(=O)c2ccccc2C(=O)O)cc1.CC(=O)Cc1ccc(CNC(=O)c2ccccc2C(=O)O)cc1.CC(=O)Cc1ccc(CNC(=O)c2ccccc2C(=O)O)cc1.CC(=O)c1ccc(C(CN)NC(=O)c2ccccc2C(=O)O)cc1.CC(=O)c1ccc(CNC(=O)c2ccccc2C(=O)O)c(F)c1.COc1cc(C(C)=O)ccc1CNC(=O)c1ccccc1C(=O)O. The van der Waals surface area contributed by atoms with Crippen LogP contribution < -0.4 is 42.4 Å². The number of hydrogen-bond donors (Lipinski definition) is 13. The molecule has 140 heavy (non-hydrogen) atoms. The number of aromatic carboxylic acids is 6. The van der Waals surface area contributed by atoms with E-state index in [9.17, 15) is 90.7 Å². The highest BCUT2D eigenvalue weighted by molar-refractivity contribution is 6.09. The lowest BCUT2D eigenvalue weighted by molar-refractivity contribution is -0.117. The molecule has 0 fully saturated rings. The second kappa shape index (κ2) is 54.4. The number of Topliss-reactive ketones (excluding diaryl/α,β-unsaturated/α-hetero) is 6. The minimum absolute atomic E-state index is 0.000708. The summed E-state index contributed by atoms with van der Waals surface area (Å²) in [5, 5.41) is 70.6. The number of carboxylic acid groups (broad SMARTS) is 6. The predicted molar refractivity (Wildman–Crippen MR) is 514 cm³/mol. The largest absolute Gasteiger partial charge is 0.496 e. The van der Waals surface area contributed by atoms with E-state index >= 15 is 0 Å². The van der Waals surface area contributed by atoms with Crippen LogP contribution in [0.3, 0.4) is 0 Å². The second-order valence-electron chi connectivity index (χ2n) is 31.0. The Bertz CT molecular complexity index is 6290. The molecule has 0 saturated carbocycles. The van der Waals surface area contributed by atoms with Crippen molar-refractivity contribution in [2.75, 3.05) is 13.7 Å². The predicted octanol–water partition coefficient (Wildman–Crippen LogP) is 14.5. The third-order valence-corrected chi connectivity index (χ3v) is 20.5. The Morgan fingerprint density at radius 2 is 0.507 bits per heavy atom. The van der Waals surface area contributed by atoms with Gasteiger partial charge in [0.2, 0.25) is 0 Å². The van der Waals surface area contributed by atoms with Gasteiger partial charge in [-0.1, -0.05) is 194 Å². The topological polar surface area (TPSA) is 536 Å². The molecule has 0 aromatic heterocycles. The lowest BCUT2D eigenvalue weighted by Crippen LogP contribution is -2.34. The summed E-state index contributed by atoms with van der Waals surface area (Å²) in [5.74, 6) is -10.1. The number of carboxylic acids is 6. The first kappa shape index (κ1) is 109. The van der Waals surface area contributed by atoms with Crippen LogP contribution in [0.1, 0.15) is 253 Å². The first-order chi connectivity index (χ1) is 66.7. The average molecular weight is 1900 g/mol. The lowest BCUT2D eigenvalue weighted by atomic mass is 10.0. The van der Waals surface area contributed by atoms with E-state index in [2.05, 4.69) is 31.9 Å². The normalized spacial score (nSPS) is 10.4. The van der Waals surface area contributed by atoms with Gasteiger partial charge in [-0.2, -0.15) is 0 Å². The Morgan fingerprint density at radius 3 is 0.750 bits per heavy atom. The Hall–Kier alpha value is -18.0. The maximum atomic E-state index is 13.9. The van der Waals surface area contributed by atoms with Crippen LogP contribution in [0.5, 0.6) is 5.75 Å². The summed E-state index contributed by atoms with van der Waals surface area (Å²) < 4.78 is 19.1. The molecule has 0 bridgehead atoms. The minimum Gasteiger partial charge on any atom is -0.496 e. The molecule has 720 valence electrons. The highest BCUT2D eigenvalue weighted by Gasteiger charge is 2.25. The number of carbonyl (C=O) groups is 18. The van der Waals surface area contributed by atoms with Gasteiger partial charge in [-0.3, -0.25) is 57.5 Å². The number of methoxy groups -OCH3 is 1. The van der Waals surface area contributed by atoms with Crippen molar-refractivity contribution in [3.63, 3.8) is 0 Å². The summed E-state index contributed by atoms with van der Waals surface area (Å²) in [7, 11) is 1.48. The van der Waals surface area contributed by atoms with Crippen molar-refractivity contribution in [2.24, 2.45) is 5.73 Å². The van der Waals surface area contributed by atoms with Gasteiger partial charge in [0.05, 0.1) is 79.9 Å². The second-order valence-corrected chi connectivity index (χ2v) is 31.0. The van der Waals surface area contributed by atoms with E-state index in [0.717, 1.165) is 45.0 Å². The fourth-order valence-corrected chi connectivity index (χ4v) is 13.3. The van der Waals surface area contributed by atoms with Crippen molar-refractivity contribution in [1.29, 1.82) is 0 Å². The molecule has 14 N–H and O–H groups in total. The summed E-state index contributed by atoms with van der Waals surface area (Å²) in [6, 6.07) is 73.2. The van der Waals surface area contributed by atoms with Crippen molar-refractivity contribution in [1.82, 2.24) is 31.9 Å². The number of hydrogen-bond acceptors (Lipinski definition) is 20. The molecule has 0 aliphatic heterocycles. The van der Waals surface area contributed by atoms with Crippen LogP contribution in [-0.4, -0.2) is 150 Å². The van der Waals surface area contributed by atoms with Gasteiger partial charge < -0.3 is 73.0 Å². The van der Waals surface area contributed by atoms with E-state index in [1.807, 2.05) is 72.8 Å². The van der Waals surface area contributed by atoms with Crippen LogP contribution in [0.4, 0.5) is 4.39 Å². The van der Waals surface area contributed by atoms with Gasteiger partial charge >= 0.3 is 35.8 Å². The number of benzene rings is 12. The van der Waals surface area contributed by atoms with Crippen LogP contribution in [0, 0.1) is 5.82 Å². The molecular weight excluding hydrogens is 1800 g/mol. The molecule has 0 heterocycles. The van der Waals surface area contributed by atoms with E-state index in [1.165, 1.54) is 140 Å². The van der Waals surface area contributed by atoms with Gasteiger partial charge in [0, 0.05) is 86.3 Å². The maximum Gasteiger partial charge on any atom is 0.336 e. The third-order valence-electron chi connectivity index (χ3n) is 20.5. The summed E-state index contributed by atoms with van der Waals surface area (Å²) >= 11 is 0. The summed E-state index contributed by atoms with van der Waals surface area (Å²) in [5.41, 5.74) is 14.3. The van der Waals surface area contributed by atoms with Crippen molar-refractivity contribution in [3.8, 4) is 5.75 Å². The molecule has 12 aromatic carbocycles. The van der Waals surface area contributed by atoms with Crippen molar-refractivity contribution in [3.05, 3.63) is 418 Å². The van der Waals surface area contributed by atoms with Gasteiger partial charge in [0.1, 0.15) is 28.9 Å². The molecule has 0 aliphatic carbocycles.